The SMILES string of the molecule is Cc1nc2ccc(NCC(=O)NC3(C#N)CCCCCC3)cc2s1. The van der Waals surface area contributed by atoms with Crippen LogP contribution in [0.15, 0.2) is 18.2 Å². The molecule has 1 heterocycles. The second-order valence-corrected chi connectivity index (χ2v) is 7.66. The van der Waals surface area contributed by atoms with E-state index in [0.29, 0.717) is 0 Å². The van der Waals surface area contributed by atoms with Crippen LogP contribution in [0.25, 0.3) is 10.2 Å². The Morgan fingerprint density at radius 2 is 2.08 bits per heavy atom. The molecule has 0 unspecified atom stereocenters. The molecule has 1 fully saturated rings. The first-order chi connectivity index (χ1) is 11.6. The number of nitrogens with zero attached hydrogens (tertiary/aromatic N) is 2. The van der Waals surface area contributed by atoms with Crippen LogP contribution in [0.4, 0.5) is 5.69 Å². The maximum atomic E-state index is 12.3. The predicted molar refractivity (Wildman–Crippen MR) is 97.0 cm³/mol. The fourth-order valence-corrected chi connectivity index (χ4v) is 4.11. The number of rotatable bonds is 4. The summed E-state index contributed by atoms with van der Waals surface area (Å²) in [5.74, 6) is -0.126. The molecule has 24 heavy (non-hydrogen) atoms. The number of fused-ring (bicyclic) bond motifs is 1. The zero-order valence-electron chi connectivity index (χ0n) is 13.9. The quantitative estimate of drug-likeness (QED) is 0.830. The third-order valence-corrected chi connectivity index (χ3v) is 5.43. The van der Waals surface area contributed by atoms with Gasteiger partial charge in [0, 0.05) is 5.69 Å². The summed E-state index contributed by atoms with van der Waals surface area (Å²) in [5, 5.41) is 16.7. The molecule has 0 aliphatic heterocycles. The molecule has 0 spiro atoms. The lowest BCUT2D eigenvalue weighted by Crippen LogP contribution is -2.48. The number of benzene rings is 1. The fraction of sp³-hybridized carbons (Fsp3) is 0.500. The van der Waals surface area contributed by atoms with Gasteiger partial charge in [-0.3, -0.25) is 4.79 Å². The average Bonchev–Trinajstić information content (AvgIpc) is 2.78. The third kappa shape index (κ3) is 3.85. The summed E-state index contributed by atoms with van der Waals surface area (Å²) in [4.78, 5) is 16.7. The third-order valence-electron chi connectivity index (χ3n) is 4.50. The number of thiazole rings is 1. The standard InChI is InChI=1S/C18H22N4OS/c1-13-21-15-7-6-14(10-16(15)24-13)20-11-17(23)22-18(12-19)8-4-2-3-5-9-18/h6-7,10,20H,2-5,8-9,11H2,1H3,(H,22,23). The second kappa shape index (κ2) is 7.18. The molecular formula is C18H22N4OS. The monoisotopic (exact) mass is 342 g/mol. The Morgan fingerprint density at radius 3 is 2.79 bits per heavy atom. The second-order valence-electron chi connectivity index (χ2n) is 6.43. The number of nitriles is 1. The average molecular weight is 342 g/mol. The van der Waals surface area contributed by atoms with Crippen molar-refractivity contribution in [2.75, 3.05) is 11.9 Å². The van der Waals surface area contributed by atoms with Gasteiger partial charge in [0.05, 0.1) is 27.8 Å². The summed E-state index contributed by atoms with van der Waals surface area (Å²) < 4.78 is 1.11. The van der Waals surface area contributed by atoms with E-state index in [1.165, 1.54) is 0 Å². The molecule has 1 saturated carbocycles. The maximum Gasteiger partial charge on any atom is 0.240 e. The van der Waals surface area contributed by atoms with Gasteiger partial charge in [0.15, 0.2) is 0 Å². The first-order valence-corrected chi connectivity index (χ1v) is 9.25. The number of hydrogen-bond acceptors (Lipinski definition) is 5. The van der Waals surface area contributed by atoms with Gasteiger partial charge in [-0.05, 0) is 38.0 Å². The van der Waals surface area contributed by atoms with E-state index in [9.17, 15) is 10.1 Å². The molecule has 2 aromatic rings. The molecule has 0 atom stereocenters. The Labute approximate surface area is 146 Å². The summed E-state index contributed by atoms with van der Waals surface area (Å²) in [6.07, 6.45) is 5.80. The summed E-state index contributed by atoms with van der Waals surface area (Å²) in [6, 6.07) is 8.25. The molecule has 1 aromatic carbocycles. The topological polar surface area (TPSA) is 77.8 Å². The lowest BCUT2D eigenvalue weighted by Gasteiger charge is -2.26. The molecule has 0 bridgehead atoms. The number of carbonyl (C=O) groups is 1. The number of aryl methyl sites for hydroxylation is 1. The Hall–Kier alpha value is -2.13. The van der Waals surface area contributed by atoms with Crippen LogP contribution in [0, 0.1) is 18.3 Å². The Bertz CT molecular complexity index is 769. The molecule has 3 rings (SSSR count). The van der Waals surface area contributed by atoms with Crippen molar-refractivity contribution in [1.29, 1.82) is 5.26 Å². The number of amides is 1. The molecule has 2 N–H and O–H groups in total. The van der Waals surface area contributed by atoms with E-state index in [-0.39, 0.29) is 12.5 Å². The number of hydrogen-bond donors (Lipinski definition) is 2. The maximum absolute atomic E-state index is 12.3. The zero-order chi connectivity index (χ0) is 17.0. The van der Waals surface area contributed by atoms with Crippen LogP contribution >= 0.6 is 11.3 Å². The largest absolute Gasteiger partial charge is 0.376 e. The highest BCUT2D eigenvalue weighted by molar-refractivity contribution is 7.18. The molecule has 1 aliphatic rings. The molecule has 5 nitrogen and oxygen atoms in total. The van der Waals surface area contributed by atoms with E-state index in [2.05, 4.69) is 21.7 Å². The van der Waals surface area contributed by atoms with E-state index >= 15 is 0 Å². The van der Waals surface area contributed by atoms with Crippen molar-refractivity contribution in [3.63, 3.8) is 0 Å². The van der Waals surface area contributed by atoms with E-state index in [1.54, 1.807) is 11.3 Å². The summed E-state index contributed by atoms with van der Waals surface area (Å²) in [6.45, 7) is 2.16. The lowest BCUT2D eigenvalue weighted by molar-refractivity contribution is -0.120. The molecule has 1 aliphatic carbocycles. The number of aromatic nitrogens is 1. The van der Waals surface area contributed by atoms with Gasteiger partial charge >= 0.3 is 0 Å². The van der Waals surface area contributed by atoms with Crippen LogP contribution in [-0.4, -0.2) is 23.0 Å². The van der Waals surface area contributed by atoms with Crippen LogP contribution in [0.5, 0.6) is 0 Å². The van der Waals surface area contributed by atoms with Crippen molar-refractivity contribution in [3.8, 4) is 6.07 Å². The van der Waals surface area contributed by atoms with Crippen LogP contribution in [0.3, 0.4) is 0 Å². The Balaban J connectivity index is 1.60. The summed E-state index contributed by atoms with van der Waals surface area (Å²) in [7, 11) is 0. The number of anilines is 1. The van der Waals surface area contributed by atoms with Crippen molar-refractivity contribution >= 4 is 33.1 Å². The predicted octanol–water partition coefficient (Wildman–Crippen LogP) is 3.75. The van der Waals surface area contributed by atoms with Crippen LogP contribution in [-0.2, 0) is 4.79 Å². The minimum atomic E-state index is -0.687. The fourth-order valence-electron chi connectivity index (χ4n) is 3.24. The van der Waals surface area contributed by atoms with E-state index in [1.807, 2.05) is 25.1 Å². The van der Waals surface area contributed by atoms with Gasteiger partial charge in [-0.25, -0.2) is 4.98 Å². The van der Waals surface area contributed by atoms with Gasteiger partial charge in [0.2, 0.25) is 5.91 Å². The van der Waals surface area contributed by atoms with Crippen molar-refractivity contribution in [3.05, 3.63) is 23.2 Å². The number of carbonyl (C=O) groups excluding carboxylic acids is 1. The van der Waals surface area contributed by atoms with Gasteiger partial charge < -0.3 is 10.6 Å². The minimum Gasteiger partial charge on any atom is -0.376 e. The van der Waals surface area contributed by atoms with Crippen molar-refractivity contribution < 1.29 is 4.79 Å². The molecule has 6 heteroatoms. The molecule has 126 valence electrons. The highest BCUT2D eigenvalue weighted by Crippen LogP contribution is 2.27. The van der Waals surface area contributed by atoms with Crippen LogP contribution in [0.1, 0.15) is 43.5 Å². The van der Waals surface area contributed by atoms with Gasteiger partial charge in [0.1, 0.15) is 5.54 Å². The summed E-state index contributed by atoms with van der Waals surface area (Å²) in [5.41, 5.74) is 1.19. The zero-order valence-corrected chi connectivity index (χ0v) is 14.7. The van der Waals surface area contributed by atoms with Crippen LogP contribution in [0.2, 0.25) is 0 Å². The summed E-state index contributed by atoms with van der Waals surface area (Å²) >= 11 is 1.64. The number of nitrogens with one attached hydrogen (secondary N) is 2. The molecule has 0 saturated heterocycles. The van der Waals surface area contributed by atoms with Gasteiger partial charge in [-0.2, -0.15) is 5.26 Å². The first-order valence-electron chi connectivity index (χ1n) is 8.44. The molecule has 1 aromatic heterocycles. The highest BCUT2D eigenvalue weighted by Gasteiger charge is 2.32. The van der Waals surface area contributed by atoms with E-state index in [4.69, 9.17) is 0 Å². The normalized spacial score (nSPS) is 17.0. The lowest BCUT2D eigenvalue weighted by atomic mass is 9.92. The smallest absolute Gasteiger partial charge is 0.240 e. The van der Waals surface area contributed by atoms with Gasteiger partial charge in [0.25, 0.3) is 0 Å². The minimum absolute atomic E-state index is 0.126. The van der Waals surface area contributed by atoms with Crippen molar-refractivity contribution in [2.24, 2.45) is 0 Å². The van der Waals surface area contributed by atoms with Crippen molar-refractivity contribution in [1.82, 2.24) is 10.3 Å². The van der Waals surface area contributed by atoms with Gasteiger partial charge in [-0.15, -0.1) is 11.3 Å². The van der Waals surface area contributed by atoms with E-state index in [0.717, 1.165) is 59.4 Å². The van der Waals surface area contributed by atoms with Crippen LogP contribution < -0.4 is 10.6 Å². The first kappa shape index (κ1) is 16.7. The van der Waals surface area contributed by atoms with Gasteiger partial charge in [-0.1, -0.05) is 25.7 Å². The molecular weight excluding hydrogens is 320 g/mol. The molecule has 1 amide bonds. The molecule has 0 radical (unpaired) electrons. The van der Waals surface area contributed by atoms with E-state index < -0.39 is 5.54 Å². The van der Waals surface area contributed by atoms with Crippen molar-refractivity contribution in [2.45, 2.75) is 51.0 Å². The Kier molecular flexibility index (Phi) is 5.00. The highest BCUT2D eigenvalue weighted by atomic mass is 32.1. The Morgan fingerprint density at radius 1 is 1.33 bits per heavy atom.